The molecule has 4 nitrogen and oxygen atoms in total. The monoisotopic (exact) mass is 436 g/mol. The first-order valence-corrected chi connectivity index (χ1v) is 11.7. The Morgan fingerprint density at radius 1 is 0.788 bits per heavy atom. The molecule has 1 aromatic heterocycles. The second kappa shape index (κ2) is 9.45. The molecule has 1 heterocycles. The van der Waals surface area contributed by atoms with Gasteiger partial charge in [0.05, 0.1) is 11.9 Å². The fourth-order valence-electron chi connectivity index (χ4n) is 4.78. The molecule has 0 amide bonds. The largest absolute Gasteiger partial charge is 0.425 e. The Kier molecular flexibility index (Phi) is 6.07. The number of hydrogen-bond donors (Lipinski definition) is 1. The van der Waals surface area contributed by atoms with Gasteiger partial charge in [-0.05, 0) is 41.0 Å². The number of nitrogens with zero attached hydrogens (tertiary/aromatic N) is 2. The second-order valence-corrected chi connectivity index (χ2v) is 8.92. The van der Waals surface area contributed by atoms with Crippen LogP contribution in [0, 0.1) is 0 Å². The van der Waals surface area contributed by atoms with Gasteiger partial charge in [-0.25, -0.2) is 4.98 Å². The van der Waals surface area contributed by atoms with Crippen LogP contribution in [-0.2, 0) is 6.42 Å². The zero-order valence-electron chi connectivity index (χ0n) is 18.7. The SMILES string of the molecule is O=c1c(Cc2ccc(-c3ccccc3)cc2)nc(-c2ccc(C3CCCCC3)cc2)cn1O. The lowest BCUT2D eigenvalue weighted by atomic mass is 9.84. The highest BCUT2D eigenvalue weighted by atomic mass is 16.5. The highest BCUT2D eigenvalue weighted by Gasteiger charge is 2.16. The molecular formula is C29H28N2O2. The van der Waals surface area contributed by atoms with Gasteiger partial charge < -0.3 is 5.21 Å². The van der Waals surface area contributed by atoms with Crippen molar-refractivity contribution in [3.63, 3.8) is 0 Å². The van der Waals surface area contributed by atoms with Crippen LogP contribution in [0.5, 0.6) is 0 Å². The summed E-state index contributed by atoms with van der Waals surface area (Å²) in [6, 6.07) is 26.7. The fourth-order valence-corrected chi connectivity index (χ4v) is 4.78. The Bertz CT molecular complexity index is 1270. The Morgan fingerprint density at radius 2 is 1.42 bits per heavy atom. The molecule has 1 aliphatic carbocycles. The summed E-state index contributed by atoms with van der Waals surface area (Å²) in [6.07, 6.45) is 8.23. The molecule has 166 valence electrons. The standard InChI is InChI=1S/C29H28N2O2/c32-29-27(19-21-11-13-24(14-12-21)22-7-3-1-4-8-22)30-28(20-31(29)33)26-17-15-25(16-18-26)23-9-5-2-6-10-23/h1,3-4,7-8,11-18,20,23,33H,2,5-6,9-10,19H2. The van der Waals surface area contributed by atoms with E-state index in [1.54, 1.807) is 0 Å². The highest BCUT2D eigenvalue weighted by molar-refractivity contribution is 5.63. The van der Waals surface area contributed by atoms with Gasteiger partial charge in [0.2, 0.25) is 0 Å². The predicted molar refractivity (Wildman–Crippen MR) is 132 cm³/mol. The van der Waals surface area contributed by atoms with Crippen molar-refractivity contribution >= 4 is 0 Å². The van der Waals surface area contributed by atoms with Crippen LogP contribution < -0.4 is 5.56 Å². The van der Waals surface area contributed by atoms with Gasteiger partial charge in [0.15, 0.2) is 0 Å². The zero-order chi connectivity index (χ0) is 22.6. The molecule has 0 unspecified atom stereocenters. The van der Waals surface area contributed by atoms with Crippen LogP contribution in [0.4, 0.5) is 0 Å². The van der Waals surface area contributed by atoms with E-state index in [1.165, 1.54) is 43.9 Å². The second-order valence-electron chi connectivity index (χ2n) is 8.92. The van der Waals surface area contributed by atoms with Gasteiger partial charge in [-0.1, -0.05) is 98.1 Å². The molecule has 0 bridgehead atoms. The van der Waals surface area contributed by atoms with E-state index in [-0.39, 0.29) is 0 Å². The van der Waals surface area contributed by atoms with E-state index < -0.39 is 5.56 Å². The van der Waals surface area contributed by atoms with Gasteiger partial charge in [-0.3, -0.25) is 4.79 Å². The molecule has 0 atom stereocenters. The number of rotatable bonds is 5. The van der Waals surface area contributed by atoms with Crippen molar-refractivity contribution in [3.05, 3.63) is 112 Å². The van der Waals surface area contributed by atoms with E-state index in [9.17, 15) is 10.0 Å². The maximum Gasteiger partial charge on any atom is 0.304 e. The first-order chi connectivity index (χ1) is 16.2. The third-order valence-corrected chi connectivity index (χ3v) is 6.67. The van der Waals surface area contributed by atoms with Gasteiger partial charge in [0.1, 0.15) is 5.69 Å². The molecule has 4 heteroatoms. The van der Waals surface area contributed by atoms with Crippen LogP contribution in [0.2, 0.25) is 0 Å². The number of hydrogen-bond acceptors (Lipinski definition) is 3. The summed E-state index contributed by atoms with van der Waals surface area (Å²) in [5.41, 5.74) is 5.97. The van der Waals surface area contributed by atoms with Crippen molar-refractivity contribution in [1.29, 1.82) is 0 Å². The summed E-state index contributed by atoms with van der Waals surface area (Å²) in [5.74, 6) is 0.641. The van der Waals surface area contributed by atoms with E-state index in [2.05, 4.69) is 53.5 Å². The van der Waals surface area contributed by atoms with E-state index >= 15 is 0 Å². The summed E-state index contributed by atoms with van der Waals surface area (Å²) in [7, 11) is 0. The predicted octanol–water partition coefficient (Wildman–Crippen LogP) is 6.45. The van der Waals surface area contributed by atoms with Crippen molar-refractivity contribution in [2.45, 2.75) is 44.4 Å². The lowest BCUT2D eigenvalue weighted by Gasteiger charge is -2.22. The summed E-state index contributed by atoms with van der Waals surface area (Å²) in [6.45, 7) is 0. The van der Waals surface area contributed by atoms with Gasteiger partial charge in [0, 0.05) is 12.0 Å². The molecule has 5 rings (SSSR count). The minimum absolute atomic E-state index is 0.332. The van der Waals surface area contributed by atoms with Crippen LogP contribution in [-0.4, -0.2) is 14.9 Å². The number of benzene rings is 3. The summed E-state index contributed by atoms with van der Waals surface area (Å²) in [4.78, 5) is 17.2. The Labute approximate surface area is 194 Å². The molecule has 3 aromatic carbocycles. The smallest absolute Gasteiger partial charge is 0.304 e. The minimum atomic E-state index is -0.482. The van der Waals surface area contributed by atoms with Crippen LogP contribution in [0.1, 0.15) is 54.8 Å². The molecule has 0 saturated heterocycles. The summed E-state index contributed by atoms with van der Waals surface area (Å²) in [5, 5.41) is 10.2. The quantitative estimate of drug-likeness (QED) is 0.366. The van der Waals surface area contributed by atoms with Gasteiger partial charge in [0.25, 0.3) is 0 Å². The Morgan fingerprint density at radius 3 is 2.12 bits per heavy atom. The van der Waals surface area contributed by atoms with Crippen molar-refractivity contribution in [3.8, 4) is 22.4 Å². The lowest BCUT2D eigenvalue weighted by Crippen LogP contribution is -2.24. The maximum absolute atomic E-state index is 12.6. The van der Waals surface area contributed by atoms with E-state index in [0.29, 0.717) is 28.5 Å². The average Bonchev–Trinajstić information content (AvgIpc) is 2.88. The van der Waals surface area contributed by atoms with Gasteiger partial charge >= 0.3 is 5.56 Å². The van der Waals surface area contributed by atoms with Crippen molar-refractivity contribution in [2.24, 2.45) is 0 Å². The summed E-state index contributed by atoms with van der Waals surface area (Å²) >= 11 is 0. The molecule has 4 aromatic rings. The molecule has 0 spiro atoms. The van der Waals surface area contributed by atoms with Crippen LogP contribution in [0.25, 0.3) is 22.4 Å². The van der Waals surface area contributed by atoms with Crippen molar-refractivity contribution in [1.82, 2.24) is 9.71 Å². The van der Waals surface area contributed by atoms with E-state index in [0.717, 1.165) is 22.3 Å². The van der Waals surface area contributed by atoms with Crippen molar-refractivity contribution in [2.75, 3.05) is 0 Å². The molecule has 0 aliphatic heterocycles. The maximum atomic E-state index is 12.6. The Hall–Kier alpha value is -3.66. The topological polar surface area (TPSA) is 55.1 Å². The van der Waals surface area contributed by atoms with E-state index in [1.807, 2.05) is 30.3 Å². The van der Waals surface area contributed by atoms with Crippen LogP contribution in [0.3, 0.4) is 0 Å². The molecule has 1 saturated carbocycles. The first-order valence-electron chi connectivity index (χ1n) is 11.7. The van der Waals surface area contributed by atoms with E-state index in [4.69, 9.17) is 0 Å². The first kappa shape index (κ1) is 21.2. The van der Waals surface area contributed by atoms with Crippen LogP contribution in [0.15, 0.2) is 89.9 Å². The third-order valence-electron chi connectivity index (χ3n) is 6.67. The van der Waals surface area contributed by atoms with Gasteiger partial charge in [-0.15, -0.1) is 0 Å². The molecule has 1 N–H and O–H groups in total. The highest BCUT2D eigenvalue weighted by Crippen LogP contribution is 2.33. The average molecular weight is 437 g/mol. The third kappa shape index (κ3) is 4.75. The zero-order valence-corrected chi connectivity index (χ0v) is 18.7. The molecule has 0 radical (unpaired) electrons. The Balaban J connectivity index is 1.38. The van der Waals surface area contributed by atoms with Gasteiger partial charge in [-0.2, -0.15) is 4.73 Å². The lowest BCUT2D eigenvalue weighted by molar-refractivity contribution is 0.173. The molecule has 1 fully saturated rings. The number of aromatic nitrogens is 2. The van der Waals surface area contributed by atoms with Crippen molar-refractivity contribution < 1.29 is 5.21 Å². The minimum Gasteiger partial charge on any atom is -0.425 e. The normalized spacial score (nSPS) is 14.3. The molecular weight excluding hydrogens is 408 g/mol. The molecule has 33 heavy (non-hydrogen) atoms. The fraction of sp³-hybridized carbons (Fsp3) is 0.241. The molecule has 1 aliphatic rings. The van der Waals surface area contributed by atoms with Crippen LogP contribution >= 0.6 is 0 Å². The summed E-state index contributed by atoms with van der Waals surface area (Å²) < 4.78 is 0.658.